The standard InChI is InChI=1S/C113H192O16Si8/c1-23-27-31-35-37-45-51-57-65-109(136(21,126-132(13,14)15)128-134(19,124-130(7,8)9)95-63-55-49-43-39-41-47-53-61-93-116-101-75-67-97(68-76-101)111(114)122-107-87-83-103(84-88-107)118-91-59-33-29-25-3)120-105-79-71-99(72-80-105)113(5,6)100-73-81-106(82-74-100)121-110(66-58-52-46-38-36-32-28-24-2)137(22,127-133(16,17)18)129-135(20,125-131(10,11)12)96-64-56-50-44-40-42-48-54-62-94-117-102-77-69-98(70-78-102)112(115)123-108-89-85-104(86-90-108)119-92-60-34-30-26-4/h67-90,109-110H,23-66,91-96H2,1-22H3. The van der Waals surface area contributed by atoms with Crippen molar-refractivity contribution >= 4 is 79.5 Å². The van der Waals surface area contributed by atoms with Gasteiger partial charge in [0.05, 0.1) is 37.6 Å². The van der Waals surface area contributed by atoms with E-state index in [1.807, 2.05) is 48.5 Å². The van der Waals surface area contributed by atoms with Crippen LogP contribution in [0.2, 0.25) is 117 Å². The number of carbonyl (C=O) groups is 2. The minimum Gasteiger partial charge on any atom is -0.494 e. The molecular weight excluding hydrogens is 1840 g/mol. The fourth-order valence-electron chi connectivity index (χ4n) is 18.4. The molecular formula is C113H192O16Si8. The summed E-state index contributed by atoms with van der Waals surface area (Å²) in [6, 6.07) is 48.8. The summed E-state index contributed by atoms with van der Waals surface area (Å²) in [7, 11) is -20.4. The van der Waals surface area contributed by atoms with E-state index in [1.54, 1.807) is 48.5 Å². The Kier molecular flexibility index (Phi) is 56.5. The maximum Gasteiger partial charge on any atom is 0.358 e. The van der Waals surface area contributed by atoms with E-state index in [9.17, 15) is 9.59 Å². The third-order valence-corrected chi connectivity index (χ3v) is 54.2. The molecule has 0 aromatic heterocycles. The highest BCUT2D eigenvalue weighted by atomic mass is 28.5. The zero-order valence-electron chi connectivity index (χ0n) is 90.4. The smallest absolute Gasteiger partial charge is 0.358 e. The largest absolute Gasteiger partial charge is 0.494 e. The van der Waals surface area contributed by atoms with Crippen molar-refractivity contribution in [3.05, 3.63) is 168 Å². The van der Waals surface area contributed by atoms with E-state index in [2.05, 4.69) is 195 Å². The quantitative estimate of drug-likeness (QED) is 0.0153. The molecule has 0 spiro atoms. The summed E-state index contributed by atoms with van der Waals surface area (Å²) in [5.41, 5.74) is 2.60. The fourth-order valence-corrected chi connectivity index (χ4v) is 55.2. The van der Waals surface area contributed by atoms with Gasteiger partial charge in [-0.25, -0.2) is 9.59 Å². The van der Waals surface area contributed by atoms with Crippen LogP contribution in [0.4, 0.5) is 0 Å². The van der Waals surface area contributed by atoms with Gasteiger partial charge in [0.2, 0.25) is 0 Å². The predicted octanol–water partition coefficient (Wildman–Crippen LogP) is 34.9. The monoisotopic (exact) mass is 2030 g/mol. The normalized spacial score (nSPS) is 14.5. The van der Waals surface area contributed by atoms with Crippen LogP contribution in [0.3, 0.4) is 0 Å². The minimum atomic E-state index is -3.15. The number of unbranched alkanes of at least 4 members (excludes halogenated alkanes) is 36. The van der Waals surface area contributed by atoms with E-state index in [1.165, 1.54) is 191 Å². The van der Waals surface area contributed by atoms with Crippen molar-refractivity contribution in [3.63, 3.8) is 0 Å². The first-order valence-electron chi connectivity index (χ1n) is 54.4. The summed E-state index contributed by atoms with van der Waals surface area (Å²) in [5.74, 6) is 4.98. The summed E-state index contributed by atoms with van der Waals surface area (Å²) in [5, 5.41) is 0. The van der Waals surface area contributed by atoms with Crippen LogP contribution >= 0.6 is 0 Å². The van der Waals surface area contributed by atoms with Crippen LogP contribution in [0.25, 0.3) is 0 Å². The van der Waals surface area contributed by atoms with Gasteiger partial charge in [0, 0.05) is 5.41 Å². The Morgan fingerprint density at radius 3 is 0.708 bits per heavy atom. The van der Waals surface area contributed by atoms with Crippen molar-refractivity contribution in [1.82, 2.24) is 0 Å². The van der Waals surface area contributed by atoms with Crippen molar-refractivity contribution in [3.8, 4) is 46.0 Å². The Morgan fingerprint density at radius 1 is 0.241 bits per heavy atom. The lowest BCUT2D eigenvalue weighted by molar-refractivity contribution is 0.0725. The van der Waals surface area contributed by atoms with Gasteiger partial charge < -0.3 is 62.6 Å². The molecule has 0 aliphatic heterocycles. The average Bonchev–Trinajstić information content (AvgIpc) is 0.785. The number of rotatable bonds is 80. The van der Waals surface area contributed by atoms with Gasteiger partial charge >= 0.3 is 46.2 Å². The van der Waals surface area contributed by atoms with Gasteiger partial charge in [0.15, 0.2) is 33.3 Å². The summed E-state index contributed by atoms with van der Waals surface area (Å²) in [6.45, 7) is 53.5. The number of carbonyl (C=O) groups excluding carboxylic acids is 2. The van der Waals surface area contributed by atoms with E-state index in [4.69, 9.17) is 62.6 Å². The van der Waals surface area contributed by atoms with Gasteiger partial charge in [0.1, 0.15) is 57.5 Å². The molecule has 0 heterocycles. The molecule has 0 saturated carbocycles. The van der Waals surface area contributed by atoms with Crippen LogP contribution in [-0.4, -0.2) is 117 Å². The third-order valence-electron chi connectivity index (χ3n) is 25.3. The van der Waals surface area contributed by atoms with Gasteiger partial charge in [-0.2, -0.15) is 0 Å². The zero-order valence-corrected chi connectivity index (χ0v) is 98.4. The second-order valence-corrected chi connectivity index (χ2v) is 76.6. The average molecular weight is 2030 g/mol. The molecule has 137 heavy (non-hydrogen) atoms. The van der Waals surface area contributed by atoms with Crippen LogP contribution in [0, 0.1) is 0 Å². The highest BCUT2D eigenvalue weighted by Gasteiger charge is 2.54. The maximum atomic E-state index is 13.0. The molecule has 0 amide bonds. The first kappa shape index (κ1) is 120. The second-order valence-electron chi connectivity index (χ2n) is 43.9. The topological polar surface area (TPSA) is 163 Å². The molecule has 0 fully saturated rings. The Bertz CT molecular complexity index is 3890. The molecule has 6 rings (SSSR count). The number of hydrogen-bond donors (Lipinski definition) is 0. The summed E-state index contributed by atoms with van der Waals surface area (Å²) in [4.78, 5) is 25.9. The minimum absolute atomic E-state index is 0.227. The summed E-state index contributed by atoms with van der Waals surface area (Å²) in [6.07, 6.45) is 51.6. The number of ether oxygens (including phenoxy) is 8. The Labute approximate surface area is 843 Å². The highest BCUT2D eigenvalue weighted by molar-refractivity contribution is 6.91. The van der Waals surface area contributed by atoms with E-state index < -0.39 is 79.5 Å². The van der Waals surface area contributed by atoms with Crippen LogP contribution in [-0.2, 0) is 30.1 Å². The molecule has 6 aromatic rings. The molecule has 6 unspecified atom stereocenters. The predicted molar refractivity (Wildman–Crippen MR) is 593 cm³/mol. The van der Waals surface area contributed by atoms with Crippen molar-refractivity contribution in [2.24, 2.45) is 0 Å². The second kappa shape index (κ2) is 64.3. The molecule has 6 aromatic carbocycles. The summed E-state index contributed by atoms with van der Waals surface area (Å²) < 4.78 is 95.8. The maximum absolute atomic E-state index is 13.0. The lowest BCUT2D eigenvalue weighted by Crippen LogP contribution is -2.64. The van der Waals surface area contributed by atoms with E-state index in [0.29, 0.717) is 49.1 Å². The molecule has 772 valence electrons. The van der Waals surface area contributed by atoms with E-state index >= 15 is 0 Å². The van der Waals surface area contributed by atoms with Crippen LogP contribution in [0.1, 0.15) is 356 Å². The van der Waals surface area contributed by atoms with Gasteiger partial charge in [0.25, 0.3) is 0 Å². The zero-order chi connectivity index (χ0) is 100.0. The first-order chi connectivity index (χ1) is 65.3. The number of esters is 2. The molecule has 6 atom stereocenters. The van der Waals surface area contributed by atoms with Crippen molar-refractivity contribution < 1.29 is 72.2 Å². The molecule has 24 heteroatoms. The molecule has 0 aliphatic rings. The van der Waals surface area contributed by atoms with Crippen molar-refractivity contribution in [2.45, 2.75) is 458 Å². The van der Waals surface area contributed by atoms with Crippen LogP contribution in [0.15, 0.2) is 146 Å². The highest BCUT2D eigenvalue weighted by Crippen LogP contribution is 2.40. The Balaban J connectivity index is 1.04. The van der Waals surface area contributed by atoms with Gasteiger partial charge in [-0.05, 0) is 301 Å². The van der Waals surface area contributed by atoms with Crippen molar-refractivity contribution in [2.75, 3.05) is 26.4 Å². The third kappa shape index (κ3) is 51.6. The Morgan fingerprint density at radius 2 is 0.453 bits per heavy atom. The fraction of sp³-hybridized carbons (Fsp3) is 0.664. The lowest BCUT2D eigenvalue weighted by Gasteiger charge is -2.45. The number of hydrogen-bond acceptors (Lipinski definition) is 16. The molecule has 0 saturated heterocycles. The van der Waals surface area contributed by atoms with Gasteiger partial charge in [-0.3, -0.25) is 0 Å². The molecule has 0 bridgehead atoms. The van der Waals surface area contributed by atoms with E-state index in [-0.39, 0.29) is 16.9 Å². The van der Waals surface area contributed by atoms with Crippen LogP contribution in [0.5, 0.6) is 46.0 Å². The lowest BCUT2D eigenvalue weighted by atomic mass is 9.78. The SMILES string of the molecule is CCCCCCCCCCC(Oc1ccc(C(C)(C)c2ccc(OC(CCCCCCCCCC)[Si](C)(O[Si](C)(C)C)O[Si](C)(CCCCCCCCCCCOc3ccc(C(=O)Oc4ccc(OCCCCCC)cc4)cc3)O[Si](C)(C)C)cc2)cc1)[Si](C)(O[Si](C)(C)C)O[Si](C)(CCCCCCCCCCCOc1ccc(C(=O)Oc2ccc(OCCCCCC)cc2)cc1)O[Si](C)(C)C. The molecule has 0 aliphatic carbocycles. The van der Waals surface area contributed by atoms with Crippen LogP contribution < -0.4 is 37.9 Å². The number of benzene rings is 6. The summed E-state index contributed by atoms with van der Waals surface area (Å²) >= 11 is 0. The van der Waals surface area contributed by atoms with Gasteiger partial charge in [-0.15, -0.1) is 0 Å². The Hall–Kier alpha value is -5.44. The molecule has 0 radical (unpaired) electrons. The van der Waals surface area contributed by atoms with E-state index in [0.717, 1.165) is 149 Å². The molecule has 0 N–H and O–H groups in total. The van der Waals surface area contributed by atoms with Crippen molar-refractivity contribution in [1.29, 1.82) is 0 Å². The molecule has 16 nitrogen and oxygen atoms in total. The van der Waals surface area contributed by atoms with Gasteiger partial charge in [-0.1, -0.05) is 297 Å². The first-order valence-corrected chi connectivity index (χ1v) is 77.9.